The molecule has 0 aliphatic heterocycles. The van der Waals surface area contributed by atoms with Crippen LogP contribution in [-0.4, -0.2) is 8.07 Å². The Kier molecular flexibility index (Phi) is 5.72. The Labute approximate surface area is 147 Å². The lowest BCUT2D eigenvalue weighted by atomic mass is 9.90. The van der Waals surface area contributed by atoms with E-state index in [2.05, 4.69) is 84.8 Å². The number of hydrogen-bond acceptors (Lipinski definition) is 0. The zero-order valence-corrected chi connectivity index (χ0v) is 15.4. The third-order valence-electron chi connectivity index (χ3n) is 5.08. The highest BCUT2D eigenvalue weighted by atomic mass is 28.3. The molecule has 0 heterocycles. The maximum Gasteiger partial charge on any atom is 0.202 e. The Morgan fingerprint density at radius 1 is 0.875 bits per heavy atom. The van der Waals surface area contributed by atoms with E-state index in [1.165, 1.54) is 42.5 Å². The normalized spacial score (nSPS) is 15.3. The monoisotopic (exact) mass is 330 g/mol. The van der Waals surface area contributed by atoms with Crippen molar-refractivity contribution < 1.29 is 0 Å². The van der Waals surface area contributed by atoms with Gasteiger partial charge in [0, 0.05) is 5.92 Å². The van der Waals surface area contributed by atoms with E-state index in [4.69, 9.17) is 0 Å². The maximum atomic E-state index is 4.06. The fourth-order valence-electron chi connectivity index (χ4n) is 3.73. The number of rotatable bonds is 4. The van der Waals surface area contributed by atoms with Gasteiger partial charge in [0.1, 0.15) is 0 Å². The maximum absolute atomic E-state index is 4.06. The molecule has 2 aromatic carbocycles. The zero-order chi connectivity index (χ0) is 16.7. The molecule has 0 unspecified atom stereocenters. The van der Waals surface area contributed by atoms with Gasteiger partial charge in [-0.05, 0) is 29.3 Å². The molecule has 1 saturated carbocycles. The predicted molar refractivity (Wildman–Crippen MR) is 107 cm³/mol. The Morgan fingerprint density at radius 3 is 1.92 bits per heavy atom. The van der Waals surface area contributed by atoms with Crippen molar-refractivity contribution in [2.24, 2.45) is 5.92 Å². The van der Waals surface area contributed by atoms with E-state index in [1.54, 1.807) is 0 Å². The first kappa shape index (κ1) is 16.8. The van der Waals surface area contributed by atoms with Gasteiger partial charge in [-0.25, -0.2) is 0 Å². The van der Waals surface area contributed by atoms with Crippen molar-refractivity contribution in [2.45, 2.75) is 38.1 Å². The molecule has 0 atom stereocenters. The van der Waals surface area contributed by atoms with E-state index >= 15 is 0 Å². The standard InChI is InChI=1S/C23H26Si/c1-2-19-24(22-14-8-4-9-15-22,23-16-10-5-11-17-23)20-18-21-12-6-3-7-13-21/h2,4-5,8-11,14-17,21H,1,3,6-7,12-13,19H2. The van der Waals surface area contributed by atoms with Crippen LogP contribution < -0.4 is 10.4 Å². The second kappa shape index (κ2) is 8.17. The first-order valence-electron chi connectivity index (χ1n) is 9.10. The Bertz CT molecular complexity index is 660. The van der Waals surface area contributed by atoms with Crippen LogP contribution in [0.5, 0.6) is 0 Å². The summed E-state index contributed by atoms with van der Waals surface area (Å²) >= 11 is 0. The van der Waals surface area contributed by atoms with Gasteiger partial charge in [-0.3, -0.25) is 0 Å². The molecule has 1 aliphatic carbocycles. The van der Waals surface area contributed by atoms with Crippen LogP contribution in [0, 0.1) is 17.4 Å². The van der Waals surface area contributed by atoms with Crippen LogP contribution in [-0.2, 0) is 0 Å². The van der Waals surface area contributed by atoms with Gasteiger partial charge in [-0.2, -0.15) is 0 Å². The average Bonchev–Trinajstić information content (AvgIpc) is 2.67. The molecule has 1 fully saturated rings. The van der Waals surface area contributed by atoms with Crippen molar-refractivity contribution in [3.8, 4) is 11.5 Å². The summed E-state index contributed by atoms with van der Waals surface area (Å²) in [6.45, 7) is 4.06. The van der Waals surface area contributed by atoms with E-state index in [1.807, 2.05) is 0 Å². The smallest absolute Gasteiger partial charge is 0.119 e. The van der Waals surface area contributed by atoms with Gasteiger partial charge in [0.2, 0.25) is 8.07 Å². The summed E-state index contributed by atoms with van der Waals surface area (Å²) in [5.41, 5.74) is 3.85. The summed E-state index contributed by atoms with van der Waals surface area (Å²) in [5, 5.41) is 2.80. The van der Waals surface area contributed by atoms with E-state index < -0.39 is 8.07 Å². The van der Waals surface area contributed by atoms with Crippen LogP contribution in [0.25, 0.3) is 0 Å². The van der Waals surface area contributed by atoms with E-state index in [0.29, 0.717) is 5.92 Å². The van der Waals surface area contributed by atoms with Crippen LogP contribution in [0.4, 0.5) is 0 Å². The topological polar surface area (TPSA) is 0 Å². The van der Waals surface area contributed by atoms with Crippen molar-refractivity contribution in [1.29, 1.82) is 0 Å². The average molecular weight is 331 g/mol. The molecule has 3 rings (SSSR count). The quantitative estimate of drug-likeness (QED) is 0.438. The predicted octanol–water partition coefficient (Wildman–Crippen LogP) is 4.56. The lowest BCUT2D eigenvalue weighted by molar-refractivity contribution is 0.430. The van der Waals surface area contributed by atoms with Crippen LogP contribution in [0.1, 0.15) is 32.1 Å². The Balaban J connectivity index is 2.08. The molecule has 24 heavy (non-hydrogen) atoms. The van der Waals surface area contributed by atoms with Gasteiger partial charge in [0.05, 0.1) is 0 Å². The summed E-state index contributed by atoms with van der Waals surface area (Å²) < 4.78 is 0. The van der Waals surface area contributed by atoms with E-state index in [0.717, 1.165) is 6.04 Å². The molecule has 2 aromatic rings. The first-order valence-corrected chi connectivity index (χ1v) is 11.3. The van der Waals surface area contributed by atoms with Gasteiger partial charge < -0.3 is 0 Å². The minimum atomic E-state index is -2.11. The fraction of sp³-hybridized carbons (Fsp3) is 0.304. The Morgan fingerprint density at radius 2 is 1.42 bits per heavy atom. The van der Waals surface area contributed by atoms with Crippen molar-refractivity contribution in [2.75, 3.05) is 0 Å². The molecule has 0 nitrogen and oxygen atoms in total. The van der Waals surface area contributed by atoms with E-state index in [-0.39, 0.29) is 0 Å². The summed E-state index contributed by atoms with van der Waals surface area (Å²) in [5.74, 6) is 4.29. The molecule has 1 heteroatoms. The summed E-state index contributed by atoms with van der Waals surface area (Å²) in [7, 11) is -2.11. The first-order chi connectivity index (χ1) is 11.8. The van der Waals surface area contributed by atoms with Crippen LogP contribution in [0.2, 0.25) is 6.04 Å². The fourth-order valence-corrected chi connectivity index (χ4v) is 7.33. The molecule has 0 spiro atoms. The van der Waals surface area contributed by atoms with Gasteiger partial charge in [-0.15, -0.1) is 18.0 Å². The van der Waals surface area contributed by atoms with Crippen molar-refractivity contribution in [3.63, 3.8) is 0 Å². The minimum Gasteiger partial charge on any atom is -0.119 e. The number of allylic oxidation sites excluding steroid dienone is 1. The zero-order valence-electron chi connectivity index (χ0n) is 14.4. The molecular formula is C23H26Si. The van der Waals surface area contributed by atoms with Crippen molar-refractivity contribution in [1.82, 2.24) is 0 Å². The van der Waals surface area contributed by atoms with Gasteiger partial charge in [-0.1, -0.05) is 86.0 Å². The van der Waals surface area contributed by atoms with Gasteiger partial charge in [0.15, 0.2) is 0 Å². The molecule has 1 aliphatic rings. The molecule has 0 amide bonds. The summed E-state index contributed by atoms with van der Waals surface area (Å²) in [6, 6.07) is 22.8. The lowest BCUT2D eigenvalue weighted by Gasteiger charge is -2.27. The highest BCUT2D eigenvalue weighted by Crippen LogP contribution is 2.23. The van der Waals surface area contributed by atoms with Crippen molar-refractivity contribution in [3.05, 3.63) is 73.3 Å². The third-order valence-corrected chi connectivity index (χ3v) is 9.19. The SMILES string of the molecule is C=CC[Si](C#CC1CCCCC1)(c1ccccc1)c1ccccc1. The molecule has 0 aromatic heterocycles. The molecule has 0 N–H and O–H groups in total. The molecule has 122 valence electrons. The van der Waals surface area contributed by atoms with Crippen LogP contribution in [0.15, 0.2) is 73.3 Å². The minimum absolute atomic E-state index is 0.586. The molecular weight excluding hydrogens is 304 g/mol. The third kappa shape index (κ3) is 3.71. The van der Waals surface area contributed by atoms with Gasteiger partial charge in [0.25, 0.3) is 0 Å². The van der Waals surface area contributed by atoms with E-state index in [9.17, 15) is 0 Å². The largest absolute Gasteiger partial charge is 0.202 e. The second-order valence-electron chi connectivity index (χ2n) is 6.73. The highest BCUT2D eigenvalue weighted by molar-refractivity contribution is 7.08. The Hall–Kier alpha value is -2.04. The second-order valence-corrected chi connectivity index (χ2v) is 10.4. The van der Waals surface area contributed by atoms with Crippen LogP contribution in [0.3, 0.4) is 0 Å². The number of benzene rings is 2. The number of hydrogen-bond donors (Lipinski definition) is 0. The molecule has 0 radical (unpaired) electrons. The van der Waals surface area contributed by atoms with Crippen molar-refractivity contribution >= 4 is 18.4 Å². The summed E-state index contributed by atoms with van der Waals surface area (Å²) in [6.07, 6.45) is 8.68. The molecule has 0 bridgehead atoms. The van der Waals surface area contributed by atoms with Crippen LogP contribution >= 0.6 is 0 Å². The summed E-state index contributed by atoms with van der Waals surface area (Å²) in [4.78, 5) is 0. The lowest BCUT2D eigenvalue weighted by Crippen LogP contribution is -2.57. The van der Waals surface area contributed by atoms with Gasteiger partial charge >= 0.3 is 0 Å². The highest BCUT2D eigenvalue weighted by Gasteiger charge is 2.34. The molecule has 0 saturated heterocycles.